The highest BCUT2D eigenvalue weighted by atomic mass is 32.2. The zero-order chi connectivity index (χ0) is 65.7. The lowest BCUT2D eigenvalue weighted by molar-refractivity contribution is -0.271. The first-order valence-corrected chi connectivity index (χ1v) is 30.5. The molecule has 5 aliphatic rings. The van der Waals surface area contributed by atoms with Gasteiger partial charge in [-0.25, -0.2) is 23.8 Å². The van der Waals surface area contributed by atoms with Crippen LogP contribution < -0.4 is 42.6 Å². The summed E-state index contributed by atoms with van der Waals surface area (Å²) in [5.74, 6) is -7.68. The highest BCUT2D eigenvalue weighted by Gasteiger charge is 2.50. The molecular formula is C59H70FN9O21S. The van der Waals surface area contributed by atoms with Crippen molar-refractivity contribution >= 4 is 76.1 Å². The van der Waals surface area contributed by atoms with E-state index in [2.05, 4.69) is 26.6 Å². The normalized spacial score (nSPS) is 22.9. The SMILES string of the molecule is CC[C@@]1(O)C(=O)OCc2c1cc1n(c2=O)Cc2c-1nc1cc(F)c(C)c3c1c2[C@@H](NC(=O)OCc1ccc(O[C@@H]2O[C@H](C(=O)O)[C@@H](O)[C@H](O)[C@H]2O)c(CNC(=O)CCNC(=O)[C@H](CNC(=O)CCOCCOC)NC(=O)[C@H](CN)N2C(=O)CC(SC)C2=O)c1)CC3. The van der Waals surface area contributed by atoms with Gasteiger partial charge in [-0.1, -0.05) is 13.0 Å². The summed E-state index contributed by atoms with van der Waals surface area (Å²) in [6.45, 7) is 1.10. The van der Waals surface area contributed by atoms with Gasteiger partial charge in [-0.3, -0.25) is 38.5 Å². The molecule has 0 bridgehead atoms. The molecule has 4 aliphatic heterocycles. The van der Waals surface area contributed by atoms with Crippen molar-refractivity contribution in [2.45, 2.75) is 138 Å². The van der Waals surface area contributed by atoms with Gasteiger partial charge in [0.2, 0.25) is 41.7 Å². The van der Waals surface area contributed by atoms with Crippen LogP contribution in [-0.2, 0) is 100 Å². The number of halogens is 1. The molecule has 2 saturated heterocycles. The molecule has 2 fully saturated rings. The van der Waals surface area contributed by atoms with E-state index in [4.69, 9.17) is 39.1 Å². The van der Waals surface area contributed by atoms with E-state index < -0.39 is 157 Å². The zero-order valence-electron chi connectivity index (χ0n) is 49.9. The Hall–Kier alpha value is -8.21. The monoisotopic (exact) mass is 1290 g/mol. The Bertz CT molecular complexity index is 3630. The smallest absolute Gasteiger partial charge is 0.407 e. The molecule has 9 rings (SSSR count). The van der Waals surface area contributed by atoms with Crippen LogP contribution in [0.5, 0.6) is 5.75 Å². The lowest BCUT2D eigenvalue weighted by atomic mass is 9.81. The Kier molecular flexibility index (Phi) is 21.1. The van der Waals surface area contributed by atoms with Gasteiger partial charge in [0.25, 0.3) is 5.56 Å². The van der Waals surface area contributed by atoms with Crippen molar-refractivity contribution in [3.05, 3.63) is 91.0 Å². The number of aromatic nitrogens is 2. The number of nitrogens with one attached hydrogen (secondary N) is 5. The van der Waals surface area contributed by atoms with Crippen LogP contribution in [0.3, 0.4) is 0 Å². The summed E-state index contributed by atoms with van der Waals surface area (Å²) >= 11 is 1.12. The number of thioether (sulfide) groups is 1. The number of benzene rings is 2. The third-order valence-electron chi connectivity index (χ3n) is 16.7. The van der Waals surface area contributed by atoms with E-state index in [9.17, 15) is 73.5 Å². The molecule has 0 spiro atoms. The first-order chi connectivity index (χ1) is 43.4. The minimum Gasteiger partial charge on any atom is -0.479 e. The van der Waals surface area contributed by atoms with Gasteiger partial charge in [0.1, 0.15) is 55.2 Å². The maximum Gasteiger partial charge on any atom is 0.407 e. The molecule has 7 amide bonds. The van der Waals surface area contributed by atoms with Crippen molar-refractivity contribution in [3.8, 4) is 17.1 Å². The highest BCUT2D eigenvalue weighted by molar-refractivity contribution is 8.00. The molecule has 12 N–H and O–H groups in total. The number of nitrogens with two attached hydrogens (primary N) is 1. The largest absolute Gasteiger partial charge is 0.479 e. The Morgan fingerprint density at radius 2 is 1.70 bits per heavy atom. The number of imide groups is 1. The van der Waals surface area contributed by atoms with Crippen LogP contribution in [0.15, 0.2) is 35.1 Å². The number of ether oxygens (including phenoxy) is 6. The van der Waals surface area contributed by atoms with Crippen LogP contribution in [0.1, 0.15) is 89.6 Å². The molecule has 30 nitrogen and oxygen atoms in total. The average Bonchev–Trinajstić information content (AvgIpc) is 1.63. The predicted molar refractivity (Wildman–Crippen MR) is 313 cm³/mol. The number of aryl methyl sites for hydroxylation is 1. The number of aliphatic carboxylic acids is 1. The van der Waals surface area contributed by atoms with Crippen LogP contribution in [0.25, 0.3) is 22.3 Å². The molecule has 490 valence electrons. The van der Waals surface area contributed by atoms with Crippen LogP contribution in [-0.4, -0.2) is 194 Å². The quantitative estimate of drug-likeness (QED) is 0.0167. The van der Waals surface area contributed by atoms with Gasteiger partial charge in [0, 0.05) is 80.7 Å². The molecule has 0 saturated carbocycles. The molecule has 0 radical (unpaired) electrons. The molecular weight excluding hydrogens is 1220 g/mol. The van der Waals surface area contributed by atoms with E-state index in [-0.39, 0.29) is 110 Å². The van der Waals surface area contributed by atoms with Crippen molar-refractivity contribution < 1.29 is 101 Å². The number of pyridine rings is 2. The van der Waals surface area contributed by atoms with E-state index in [1.54, 1.807) is 20.1 Å². The number of esters is 1. The van der Waals surface area contributed by atoms with Gasteiger partial charge >= 0.3 is 18.0 Å². The van der Waals surface area contributed by atoms with Crippen LogP contribution in [0.4, 0.5) is 9.18 Å². The van der Waals surface area contributed by atoms with Crippen molar-refractivity contribution in [3.63, 3.8) is 0 Å². The number of likely N-dealkylation sites (tertiary alicyclic amines) is 1. The van der Waals surface area contributed by atoms with Crippen LogP contribution in [0.2, 0.25) is 0 Å². The van der Waals surface area contributed by atoms with Crippen LogP contribution in [0, 0.1) is 12.7 Å². The summed E-state index contributed by atoms with van der Waals surface area (Å²) in [5, 5.41) is 65.8. The number of carbonyl (C=O) groups is 9. The Morgan fingerprint density at radius 3 is 2.41 bits per heavy atom. The van der Waals surface area contributed by atoms with Crippen molar-refractivity contribution in [2.24, 2.45) is 5.73 Å². The first-order valence-electron chi connectivity index (χ1n) is 29.2. The third kappa shape index (κ3) is 13.9. The number of hydrogen-bond acceptors (Lipinski definition) is 23. The molecule has 6 heterocycles. The van der Waals surface area contributed by atoms with Gasteiger partial charge < -0.3 is 90.8 Å². The number of methoxy groups -OCH3 is 1. The number of alkyl carbamates (subject to hydrolysis) is 1. The number of carboxylic acid groups (broad SMARTS) is 1. The maximum atomic E-state index is 15.6. The lowest BCUT2D eigenvalue weighted by Crippen LogP contribution is -2.61. The van der Waals surface area contributed by atoms with E-state index >= 15 is 4.39 Å². The summed E-state index contributed by atoms with van der Waals surface area (Å²) in [6, 6.07) is 3.13. The molecule has 10 atom stereocenters. The van der Waals surface area contributed by atoms with Crippen LogP contribution >= 0.6 is 11.8 Å². The predicted octanol–water partition coefficient (Wildman–Crippen LogP) is -1.69. The van der Waals surface area contributed by atoms with Crippen molar-refractivity contribution in [1.29, 1.82) is 0 Å². The van der Waals surface area contributed by atoms with E-state index in [1.807, 2.05) is 0 Å². The molecule has 32 heteroatoms. The molecule has 2 aromatic carbocycles. The minimum absolute atomic E-state index is 0.00130. The first kappa shape index (κ1) is 67.2. The Balaban J connectivity index is 0.901. The topological polar surface area (TPSA) is 434 Å². The van der Waals surface area contributed by atoms with Gasteiger partial charge in [-0.05, 0) is 72.9 Å². The number of aliphatic hydroxyl groups is 4. The van der Waals surface area contributed by atoms with Crippen molar-refractivity contribution in [1.82, 2.24) is 41.0 Å². The van der Waals surface area contributed by atoms with Gasteiger partial charge in [0.05, 0.1) is 60.1 Å². The summed E-state index contributed by atoms with van der Waals surface area (Å²) < 4.78 is 49.5. The van der Waals surface area contributed by atoms with Gasteiger partial charge in [-0.2, -0.15) is 11.8 Å². The number of fused-ring (bicyclic) bond motifs is 5. The van der Waals surface area contributed by atoms with E-state index in [0.29, 0.717) is 34.1 Å². The van der Waals surface area contributed by atoms with Crippen molar-refractivity contribution in [2.75, 3.05) is 52.8 Å². The Morgan fingerprint density at radius 1 is 0.945 bits per heavy atom. The maximum absolute atomic E-state index is 15.6. The van der Waals surface area contributed by atoms with Gasteiger partial charge in [-0.15, -0.1) is 0 Å². The standard InChI is InChI=1S/C59H70FN9O21S/c1-5-59(84)32-17-37-46-30(23-68(37)53(78)31(32)25-87-57(59)82)45-34(8-7-29-26(2)33(60)18-35(65-46)44(29)45)67-58(83)88-24-27-6-9-39(89-56-49(75)47(73)48(74)50(90-56)55(80)81)28(16-27)21-63-41(70)10-12-62-51(76)36(22-64-42(71)11-13-86-15-14-85-3)66-52(77)38(20-61)69-43(72)19-40(91-4)54(69)79/h6,9,16-18,34,36,38,40,47-50,56,73-75,84H,5,7-8,10-15,19-25,61H2,1-4H3,(H,62,76)(H,63,70)(H,64,71)(H,66,77)(H,67,83)(H,80,81)/t34-,36-,38-,40?,47-,48-,49+,50-,56+,59-/m0/s1. The zero-order valence-corrected chi connectivity index (χ0v) is 50.7. The number of hydrogen-bond donors (Lipinski definition) is 11. The second-order valence-corrected chi connectivity index (χ2v) is 23.3. The summed E-state index contributed by atoms with van der Waals surface area (Å²) in [4.78, 5) is 138. The second kappa shape index (κ2) is 28.5. The molecule has 2 aromatic heterocycles. The number of cyclic esters (lactones) is 1. The summed E-state index contributed by atoms with van der Waals surface area (Å²) in [5.41, 5.74) is 6.67. The number of aliphatic hydroxyl groups excluding tert-OH is 3. The van der Waals surface area contributed by atoms with E-state index in [0.717, 1.165) is 16.7 Å². The number of carboxylic acids is 1. The fourth-order valence-corrected chi connectivity index (χ4v) is 12.3. The highest BCUT2D eigenvalue weighted by Crippen LogP contribution is 2.46. The molecule has 1 unspecified atom stereocenters. The number of carbonyl (C=O) groups excluding carboxylic acids is 8. The number of amides is 7. The fourth-order valence-electron chi connectivity index (χ4n) is 11.6. The third-order valence-corrected chi connectivity index (χ3v) is 17.6. The number of nitrogens with zero attached hydrogens (tertiary/aromatic N) is 3. The van der Waals surface area contributed by atoms with Gasteiger partial charge in [0.15, 0.2) is 11.7 Å². The fraction of sp³-hybridized carbons (Fsp3) is 0.508. The lowest BCUT2D eigenvalue weighted by Gasteiger charge is -2.38. The number of rotatable bonds is 26. The summed E-state index contributed by atoms with van der Waals surface area (Å²) in [6.07, 6.45) is -9.60. The molecule has 91 heavy (non-hydrogen) atoms. The molecule has 4 aromatic rings. The minimum atomic E-state index is -2.12. The Labute approximate surface area is 521 Å². The molecule has 1 aliphatic carbocycles. The summed E-state index contributed by atoms with van der Waals surface area (Å²) in [7, 11) is 1.47. The second-order valence-electron chi connectivity index (χ2n) is 22.2. The van der Waals surface area contributed by atoms with E-state index in [1.165, 1.54) is 42.0 Å². The average molecular weight is 1290 g/mol.